The molecule has 0 aliphatic rings. The van der Waals surface area contributed by atoms with Crippen LogP contribution in [0.3, 0.4) is 0 Å². The number of rotatable bonds is 4. The Morgan fingerprint density at radius 1 is 1.25 bits per heavy atom. The van der Waals surface area contributed by atoms with Gasteiger partial charge in [0.25, 0.3) is 0 Å². The van der Waals surface area contributed by atoms with Gasteiger partial charge in [0, 0.05) is 25.3 Å². The van der Waals surface area contributed by atoms with E-state index in [2.05, 4.69) is 4.72 Å². The summed E-state index contributed by atoms with van der Waals surface area (Å²) >= 11 is 0. The normalized spacial score (nSPS) is 11.4. The third kappa shape index (κ3) is 2.94. The quantitative estimate of drug-likeness (QED) is 0.779. The van der Waals surface area contributed by atoms with Crippen LogP contribution >= 0.6 is 0 Å². The van der Waals surface area contributed by atoms with E-state index in [9.17, 15) is 13.2 Å². The summed E-state index contributed by atoms with van der Waals surface area (Å²) in [7, 11) is -0.684. The molecule has 0 saturated heterocycles. The Morgan fingerprint density at radius 3 is 2.12 bits per heavy atom. The van der Waals surface area contributed by atoms with Crippen molar-refractivity contribution in [3.8, 4) is 0 Å². The number of nitrogens with one attached hydrogen (secondary N) is 1. The first-order chi connectivity index (χ1) is 7.33. The minimum atomic E-state index is -3.52. The van der Waals surface area contributed by atoms with Gasteiger partial charge in [0.2, 0.25) is 5.91 Å². The number of carbonyl (C=O) groups is 1. The van der Waals surface area contributed by atoms with E-state index in [1.54, 1.807) is 0 Å². The highest BCUT2D eigenvalue weighted by molar-refractivity contribution is 7.90. The summed E-state index contributed by atoms with van der Waals surface area (Å²) in [5.74, 6) is -0.554. The number of nitrogens with two attached hydrogens (primary N) is 1. The van der Waals surface area contributed by atoms with Crippen LogP contribution in [0.25, 0.3) is 0 Å². The summed E-state index contributed by atoms with van der Waals surface area (Å²) in [6.45, 7) is 0. The average molecular weight is 243 g/mol. The van der Waals surface area contributed by atoms with Crippen molar-refractivity contribution in [1.82, 2.24) is 4.31 Å². The van der Waals surface area contributed by atoms with E-state index in [0.717, 1.165) is 4.31 Å². The number of anilines is 1. The van der Waals surface area contributed by atoms with Crippen molar-refractivity contribution in [2.45, 2.75) is 0 Å². The molecule has 0 saturated carbocycles. The van der Waals surface area contributed by atoms with Gasteiger partial charge in [0.1, 0.15) is 0 Å². The van der Waals surface area contributed by atoms with Crippen LogP contribution in [0, 0.1) is 0 Å². The van der Waals surface area contributed by atoms with Gasteiger partial charge in [-0.15, -0.1) is 0 Å². The summed E-state index contributed by atoms with van der Waals surface area (Å²) in [4.78, 5) is 10.8. The Morgan fingerprint density at radius 2 is 1.75 bits per heavy atom. The summed E-state index contributed by atoms with van der Waals surface area (Å²) in [5.41, 5.74) is 5.75. The first-order valence-electron chi connectivity index (χ1n) is 4.43. The molecule has 0 unspecified atom stereocenters. The van der Waals surface area contributed by atoms with Gasteiger partial charge < -0.3 is 5.73 Å². The Balaban J connectivity index is 2.89. The second-order valence-electron chi connectivity index (χ2n) is 3.33. The Bertz CT molecular complexity index is 479. The number of carbonyl (C=O) groups excluding carboxylic acids is 1. The van der Waals surface area contributed by atoms with E-state index in [1.165, 1.54) is 38.4 Å². The largest absolute Gasteiger partial charge is 0.366 e. The monoisotopic (exact) mass is 243 g/mol. The predicted octanol–water partition coefficient (Wildman–Crippen LogP) is 0.00380. The molecule has 0 aromatic heterocycles. The molecule has 0 fully saturated rings. The summed E-state index contributed by atoms with van der Waals surface area (Å²) in [5, 5.41) is 0. The number of nitrogens with zero attached hydrogens (tertiary/aromatic N) is 1. The maximum atomic E-state index is 11.4. The zero-order valence-electron chi connectivity index (χ0n) is 8.97. The second kappa shape index (κ2) is 4.50. The highest BCUT2D eigenvalue weighted by Gasteiger charge is 2.12. The number of amides is 1. The number of primary amides is 1. The third-order valence-corrected chi connectivity index (χ3v) is 3.35. The standard InChI is InChI=1S/C9H13N3O3S/c1-12(2)16(14,15)11-8-5-3-7(4-6-8)9(10)13/h3-6,11H,1-2H3,(H2,10,13). The topological polar surface area (TPSA) is 92.5 Å². The third-order valence-electron chi connectivity index (χ3n) is 1.90. The van der Waals surface area contributed by atoms with Crippen molar-refractivity contribution in [3.05, 3.63) is 29.8 Å². The molecule has 1 amide bonds. The molecular weight excluding hydrogens is 230 g/mol. The molecule has 0 aliphatic heterocycles. The van der Waals surface area contributed by atoms with Crippen molar-refractivity contribution in [3.63, 3.8) is 0 Å². The lowest BCUT2D eigenvalue weighted by molar-refractivity contribution is 0.100. The van der Waals surface area contributed by atoms with E-state index in [4.69, 9.17) is 5.73 Å². The molecule has 1 aromatic carbocycles. The van der Waals surface area contributed by atoms with Crippen LogP contribution in [-0.4, -0.2) is 32.7 Å². The smallest absolute Gasteiger partial charge is 0.301 e. The van der Waals surface area contributed by atoms with Crippen LogP contribution in [-0.2, 0) is 10.2 Å². The van der Waals surface area contributed by atoms with Crippen LogP contribution in [0.1, 0.15) is 10.4 Å². The second-order valence-corrected chi connectivity index (χ2v) is 5.22. The molecule has 16 heavy (non-hydrogen) atoms. The molecule has 7 heteroatoms. The molecule has 0 atom stereocenters. The van der Waals surface area contributed by atoms with Crippen LogP contribution in [0.4, 0.5) is 5.69 Å². The minimum Gasteiger partial charge on any atom is -0.366 e. The van der Waals surface area contributed by atoms with Crippen LogP contribution in [0.5, 0.6) is 0 Å². The van der Waals surface area contributed by atoms with Gasteiger partial charge in [-0.05, 0) is 24.3 Å². The molecule has 0 bridgehead atoms. The lowest BCUT2D eigenvalue weighted by atomic mass is 10.2. The molecule has 0 heterocycles. The highest BCUT2D eigenvalue weighted by Crippen LogP contribution is 2.11. The Labute approximate surface area is 94.2 Å². The van der Waals surface area contributed by atoms with Crippen molar-refractivity contribution in [2.75, 3.05) is 18.8 Å². The SMILES string of the molecule is CN(C)S(=O)(=O)Nc1ccc(C(N)=O)cc1. The molecule has 0 radical (unpaired) electrons. The molecular formula is C9H13N3O3S. The van der Waals surface area contributed by atoms with Gasteiger partial charge in [-0.2, -0.15) is 12.7 Å². The van der Waals surface area contributed by atoms with Crippen molar-refractivity contribution in [1.29, 1.82) is 0 Å². The van der Waals surface area contributed by atoms with Crippen LogP contribution in [0.15, 0.2) is 24.3 Å². The number of hydrogen-bond acceptors (Lipinski definition) is 3. The fraction of sp³-hybridized carbons (Fsp3) is 0.222. The molecule has 6 nitrogen and oxygen atoms in total. The maximum Gasteiger partial charge on any atom is 0.301 e. The van der Waals surface area contributed by atoms with E-state index >= 15 is 0 Å². The number of hydrogen-bond donors (Lipinski definition) is 2. The van der Waals surface area contributed by atoms with Crippen molar-refractivity contribution < 1.29 is 13.2 Å². The van der Waals surface area contributed by atoms with E-state index in [0.29, 0.717) is 11.3 Å². The summed E-state index contributed by atoms with van der Waals surface area (Å²) in [6.07, 6.45) is 0. The van der Waals surface area contributed by atoms with E-state index < -0.39 is 16.1 Å². The predicted molar refractivity (Wildman–Crippen MR) is 61.2 cm³/mol. The first kappa shape index (κ1) is 12.5. The summed E-state index contributed by atoms with van der Waals surface area (Å²) in [6, 6.07) is 5.86. The average Bonchev–Trinajstić information content (AvgIpc) is 2.17. The molecule has 1 rings (SSSR count). The Kier molecular flexibility index (Phi) is 3.51. The molecule has 0 spiro atoms. The first-order valence-corrected chi connectivity index (χ1v) is 5.87. The van der Waals surface area contributed by atoms with Crippen molar-refractivity contribution in [2.24, 2.45) is 5.73 Å². The zero-order chi connectivity index (χ0) is 12.3. The van der Waals surface area contributed by atoms with Gasteiger partial charge in [-0.3, -0.25) is 9.52 Å². The fourth-order valence-corrected chi connectivity index (χ4v) is 1.56. The lowest BCUT2D eigenvalue weighted by Crippen LogP contribution is -2.28. The molecule has 1 aromatic rings. The Hall–Kier alpha value is -1.60. The molecule has 88 valence electrons. The van der Waals surface area contributed by atoms with Gasteiger partial charge >= 0.3 is 10.2 Å². The van der Waals surface area contributed by atoms with Crippen molar-refractivity contribution >= 4 is 21.8 Å². The zero-order valence-corrected chi connectivity index (χ0v) is 9.78. The van der Waals surface area contributed by atoms with Crippen LogP contribution in [0.2, 0.25) is 0 Å². The van der Waals surface area contributed by atoms with E-state index in [1.807, 2.05) is 0 Å². The van der Waals surface area contributed by atoms with Gasteiger partial charge in [-0.1, -0.05) is 0 Å². The van der Waals surface area contributed by atoms with E-state index in [-0.39, 0.29) is 0 Å². The van der Waals surface area contributed by atoms with Gasteiger partial charge in [-0.25, -0.2) is 0 Å². The van der Waals surface area contributed by atoms with Gasteiger partial charge in [0.05, 0.1) is 0 Å². The molecule has 0 aliphatic carbocycles. The van der Waals surface area contributed by atoms with Crippen LogP contribution < -0.4 is 10.5 Å². The minimum absolute atomic E-state index is 0.327. The summed E-state index contributed by atoms with van der Waals surface area (Å²) < 4.78 is 26.3. The van der Waals surface area contributed by atoms with Gasteiger partial charge in [0.15, 0.2) is 0 Å². The highest BCUT2D eigenvalue weighted by atomic mass is 32.2. The maximum absolute atomic E-state index is 11.4. The molecule has 3 N–H and O–H groups in total. The fourth-order valence-electron chi connectivity index (χ4n) is 0.943. The number of benzene rings is 1. The lowest BCUT2D eigenvalue weighted by Gasteiger charge is -2.13.